The molecule has 1 aromatic rings. The van der Waals surface area contributed by atoms with E-state index in [1.807, 2.05) is 6.92 Å². The Morgan fingerprint density at radius 1 is 1.42 bits per heavy atom. The maximum Gasteiger partial charge on any atom is 0.355 e. The van der Waals surface area contributed by atoms with Crippen LogP contribution in [0.4, 0.5) is 0 Å². The van der Waals surface area contributed by atoms with Gasteiger partial charge in [0.15, 0.2) is 10.7 Å². The average Bonchev–Trinajstić information content (AvgIpc) is 2.84. The summed E-state index contributed by atoms with van der Waals surface area (Å²) in [6.07, 6.45) is 5.61. The maximum absolute atomic E-state index is 11.8. The van der Waals surface area contributed by atoms with Crippen LogP contribution >= 0.6 is 11.3 Å². The van der Waals surface area contributed by atoms with Crippen LogP contribution in [0.25, 0.3) is 0 Å². The summed E-state index contributed by atoms with van der Waals surface area (Å²) in [6.45, 7) is 4.11. The Kier molecular flexibility index (Phi) is 6.49. The first kappa shape index (κ1) is 15.6. The predicted molar refractivity (Wildman–Crippen MR) is 74.8 cm³/mol. The molecule has 19 heavy (non-hydrogen) atoms. The molecule has 1 aromatic heterocycles. The van der Waals surface area contributed by atoms with Crippen LogP contribution in [0, 0.1) is 0 Å². The molecule has 0 aliphatic rings. The van der Waals surface area contributed by atoms with Crippen LogP contribution in [0.3, 0.4) is 0 Å². The van der Waals surface area contributed by atoms with E-state index in [9.17, 15) is 9.59 Å². The third-order valence-electron chi connectivity index (χ3n) is 2.79. The van der Waals surface area contributed by atoms with E-state index in [1.54, 1.807) is 0 Å². The number of unbranched alkanes of at least 4 members (excludes halogenated alkanes) is 3. The Morgan fingerprint density at radius 3 is 2.74 bits per heavy atom. The van der Waals surface area contributed by atoms with E-state index in [1.165, 1.54) is 24.6 Å². The molecule has 0 aromatic carbocycles. The van der Waals surface area contributed by atoms with Crippen molar-refractivity contribution in [1.29, 1.82) is 0 Å². The Bertz CT molecular complexity index is 431. The van der Waals surface area contributed by atoms with Crippen molar-refractivity contribution in [2.75, 3.05) is 0 Å². The molecule has 1 atom stereocenters. The van der Waals surface area contributed by atoms with Crippen LogP contribution in [0.2, 0.25) is 0 Å². The molecule has 1 unspecified atom stereocenters. The fraction of sp³-hybridized carbons (Fsp3) is 0.615. The highest BCUT2D eigenvalue weighted by Crippen LogP contribution is 2.11. The minimum atomic E-state index is -1.11. The molecule has 0 saturated carbocycles. The largest absolute Gasteiger partial charge is 0.476 e. The molecule has 2 N–H and O–H groups in total. The molecular formula is C13H20N2O3S. The van der Waals surface area contributed by atoms with E-state index in [4.69, 9.17) is 5.11 Å². The number of rotatable bonds is 8. The van der Waals surface area contributed by atoms with Crippen LogP contribution in [0.15, 0.2) is 5.38 Å². The summed E-state index contributed by atoms with van der Waals surface area (Å²) in [7, 11) is 0. The second kappa shape index (κ2) is 7.89. The second-order valence-electron chi connectivity index (χ2n) is 4.57. The first-order valence-corrected chi connectivity index (χ1v) is 7.42. The monoisotopic (exact) mass is 284 g/mol. The second-order valence-corrected chi connectivity index (χ2v) is 5.42. The van der Waals surface area contributed by atoms with Crippen LogP contribution in [0.5, 0.6) is 0 Å². The molecule has 0 bridgehead atoms. The van der Waals surface area contributed by atoms with Crippen molar-refractivity contribution in [3.05, 3.63) is 16.1 Å². The molecule has 0 fully saturated rings. The lowest BCUT2D eigenvalue weighted by Crippen LogP contribution is -2.32. The number of carbonyl (C=O) groups is 2. The lowest BCUT2D eigenvalue weighted by molar-refractivity contribution is 0.0691. The Balaban J connectivity index is 2.38. The van der Waals surface area contributed by atoms with Gasteiger partial charge in [-0.1, -0.05) is 32.6 Å². The number of carboxylic acids is 1. The lowest BCUT2D eigenvalue weighted by atomic mass is 10.1. The fourth-order valence-corrected chi connectivity index (χ4v) is 2.41. The minimum Gasteiger partial charge on any atom is -0.476 e. The number of aromatic nitrogens is 1. The molecule has 0 saturated heterocycles. The predicted octanol–water partition coefficient (Wildman–Crippen LogP) is 2.93. The highest BCUT2D eigenvalue weighted by Gasteiger charge is 2.16. The number of nitrogens with one attached hydrogen (secondary N) is 1. The number of hydrogen-bond donors (Lipinski definition) is 2. The van der Waals surface area contributed by atoms with Crippen LogP contribution in [0.1, 0.15) is 66.2 Å². The number of aromatic carboxylic acids is 1. The molecule has 5 nitrogen and oxygen atoms in total. The van der Waals surface area contributed by atoms with Gasteiger partial charge < -0.3 is 10.4 Å². The third kappa shape index (κ3) is 5.38. The molecule has 1 rings (SSSR count). The first-order chi connectivity index (χ1) is 9.04. The number of thiazole rings is 1. The van der Waals surface area contributed by atoms with Gasteiger partial charge in [-0.3, -0.25) is 4.79 Å². The quantitative estimate of drug-likeness (QED) is 0.719. The Morgan fingerprint density at radius 2 is 2.16 bits per heavy atom. The van der Waals surface area contributed by atoms with Crippen molar-refractivity contribution in [2.24, 2.45) is 0 Å². The van der Waals surface area contributed by atoms with Gasteiger partial charge in [-0.05, 0) is 13.3 Å². The third-order valence-corrected chi connectivity index (χ3v) is 3.63. The summed E-state index contributed by atoms with van der Waals surface area (Å²) in [5.41, 5.74) is -0.0780. The highest BCUT2D eigenvalue weighted by molar-refractivity contribution is 7.11. The van der Waals surface area contributed by atoms with E-state index in [0.29, 0.717) is 0 Å². The SMILES string of the molecule is CCCCCCC(C)NC(=O)c1nc(C(=O)O)cs1. The number of amides is 1. The molecule has 0 radical (unpaired) electrons. The molecule has 0 aliphatic heterocycles. The minimum absolute atomic E-state index is 0.0780. The van der Waals surface area contributed by atoms with E-state index in [2.05, 4.69) is 17.2 Å². The van der Waals surface area contributed by atoms with Crippen molar-refractivity contribution in [2.45, 2.75) is 52.0 Å². The van der Waals surface area contributed by atoms with Gasteiger partial charge in [-0.15, -0.1) is 11.3 Å². The van der Waals surface area contributed by atoms with E-state index >= 15 is 0 Å². The number of nitrogens with zero attached hydrogens (tertiary/aromatic N) is 1. The lowest BCUT2D eigenvalue weighted by Gasteiger charge is -2.12. The van der Waals surface area contributed by atoms with Crippen molar-refractivity contribution in [3.63, 3.8) is 0 Å². The fourth-order valence-electron chi connectivity index (χ4n) is 1.71. The van der Waals surface area contributed by atoms with Crippen molar-refractivity contribution in [1.82, 2.24) is 10.3 Å². The number of hydrogen-bond acceptors (Lipinski definition) is 4. The molecule has 6 heteroatoms. The zero-order valence-corrected chi connectivity index (χ0v) is 12.1. The van der Waals surface area contributed by atoms with Crippen LogP contribution in [-0.2, 0) is 0 Å². The van der Waals surface area contributed by atoms with E-state index in [-0.39, 0.29) is 22.7 Å². The van der Waals surface area contributed by atoms with Crippen LogP contribution < -0.4 is 5.32 Å². The van der Waals surface area contributed by atoms with Gasteiger partial charge in [0.05, 0.1) is 0 Å². The van der Waals surface area contributed by atoms with Gasteiger partial charge in [0, 0.05) is 11.4 Å². The van der Waals surface area contributed by atoms with Crippen LogP contribution in [-0.4, -0.2) is 28.0 Å². The summed E-state index contributed by atoms with van der Waals surface area (Å²) >= 11 is 1.06. The average molecular weight is 284 g/mol. The van der Waals surface area contributed by atoms with Gasteiger partial charge in [-0.2, -0.15) is 0 Å². The van der Waals surface area contributed by atoms with Gasteiger partial charge in [-0.25, -0.2) is 9.78 Å². The van der Waals surface area contributed by atoms with Crippen molar-refractivity contribution < 1.29 is 14.7 Å². The molecule has 1 amide bonds. The smallest absolute Gasteiger partial charge is 0.355 e. The number of carboxylic acid groups (broad SMARTS) is 1. The van der Waals surface area contributed by atoms with Crippen molar-refractivity contribution in [3.8, 4) is 0 Å². The summed E-state index contributed by atoms with van der Waals surface area (Å²) in [5, 5.41) is 13.2. The Hall–Kier alpha value is -1.43. The van der Waals surface area contributed by atoms with Gasteiger partial charge in [0.1, 0.15) is 0 Å². The highest BCUT2D eigenvalue weighted by atomic mass is 32.1. The van der Waals surface area contributed by atoms with Gasteiger partial charge in [0.25, 0.3) is 5.91 Å². The summed E-state index contributed by atoms with van der Waals surface area (Å²) in [5.74, 6) is -1.40. The summed E-state index contributed by atoms with van der Waals surface area (Å²) in [6, 6.07) is 0.0848. The standard InChI is InChI=1S/C13H20N2O3S/c1-3-4-5-6-7-9(2)14-11(16)12-15-10(8-19-12)13(17)18/h8-9H,3-7H2,1-2H3,(H,14,16)(H,17,18). The molecule has 0 aliphatic carbocycles. The first-order valence-electron chi connectivity index (χ1n) is 6.54. The topological polar surface area (TPSA) is 79.3 Å². The summed E-state index contributed by atoms with van der Waals surface area (Å²) < 4.78 is 0. The van der Waals surface area contributed by atoms with Crippen molar-refractivity contribution >= 4 is 23.2 Å². The molecular weight excluding hydrogens is 264 g/mol. The summed E-state index contributed by atoms with van der Waals surface area (Å²) in [4.78, 5) is 26.3. The zero-order chi connectivity index (χ0) is 14.3. The normalized spacial score (nSPS) is 12.1. The number of carbonyl (C=O) groups excluding carboxylic acids is 1. The molecule has 106 valence electrons. The molecule has 0 spiro atoms. The zero-order valence-electron chi connectivity index (χ0n) is 11.3. The van der Waals surface area contributed by atoms with Gasteiger partial charge >= 0.3 is 5.97 Å². The molecule has 1 heterocycles. The van der Waals surface area contributed by atoms with E-state index < -0.39 is 5.97 Å². The van der Waals surface area contributed by atoms with Gasteiger partial charge in [0.2, 0.25) is 0 Å². The Labute approximate surface area is 117 Å². The van der Waals surface area contributed by atoms with E-state index in [0.717, 1.165) is 24.2 Å². The maximum atomic E-state index is 11.8.